The molecule has 0 fully saturated rings. The molecule has 498 valence electrons. The Labute approximate surface area is 525 Å². The van der Waals surface area contributed by atoms with Gasteiger partial charge in [-0.15, -0.1) is 0 Å². The van der Waals surface area contributed by atoms with Crippen LogP contribution in [0.5, 0.6) is 0 Å². The van der Waals surface area contributed by atoms with Crippen LogP contribution < -0.4 is 0 Å². The van der Waals surface area contributed by atoms with Gasteiger partial charge in [0.1, 0.15) is 25.4 Å². The lowest BCUT2D eigenvalue weighted by Crippen LogP contribution is -2.30. The first-order chi connectivity index (χ1) is 42.2. The molecule has 0 aliphatic carbocycles. The molecular formula is C69H116O16P2. The predicted molar refractivity (Wildman–Crippen MR) is 353 cm³/mol. The molecule has 87 heavy (non-hydrogen) atoms. The lowest BCUT2D eigenvalue weighted by Gasteiger charge is -2.21. The van der Waals surface area contributed by atoms with Gasteiger partial charge in [-0.2, -0.15) is 0 Å². The highest BCUT2D eigenvalue weighted by atomic mass is 31.2. The first-order valence-electron chi connectivity index (χ1n) is 32.8. The fourth-order valence-corrected chi connectivity index (χ4v) is 9.74. The van der Waals surface area contributed by atoms with E-state index in [1.807, 2.05) is 0 Å². The lowest BCUT2D eigenvalue weighted by molar-refractivity contribution is -0.161. The molecule has 0 aliphatic heterocycles. The van der Waals surface area contributed by atoms with Crippen LogP contribution in [-0.2, 0) is 55.8 Å². The van der Waals surface area contributed by atoms with Crippen molar-refractivity contribution in [1.82, 2.24) is 0 Å². The number of unbranched alkanes of at least 4 members (excludes halogenated alkanes) is 18. The number of esters is 3. The number of aliphatic hydroxyl groups is 2. The Balaban J connectivity index is 4.55. The minimum Gasteiger partial charge on any atom is -0.463 e. The Hall–Kier alpha value is -4.05. The highest BCUT2D eigenvalue weighted by Gasteiger charge is 2.29. The Morgan fingerprint density at radius 1 is 0.333 bits per heavy atom. The van der Waals surface area contributed by atoms with E-state index in [-0.39, 0.29) is 19.3 Å². The zero-order valence-corrected chi connectivity index (χ0v) is 55.4. The number of ether oxygens (including phenoxy) is 3. The molecule has 0 aromatic heterocycles. The van der Waals surface area contributed by atoms with Crippen molar-refractivity contribution in [2.45, 2.75) is 257 Å². The second kappa shape index (κ2) is 62.2. The molecule has 4 N–H and O–H groups in total. The van der Waals surface area contributed by atoms with Gasteiger partial charge in [-0.1, -0.05) is 219 Å². The topological polar surface area (TPSA) is 231 Å². The SMILES string of the molecule is CC/C=C\C/C=C\C/C=C\C/C=C\C/C=C\C/C=C\CCCCCCCCC(=O)OCC(O)COP(=O)(O)OCC(O)COP(=O)(O)OCC(COC(=O)CCCCCCC/C=C\C/C=C\C/C=C\CC)OC(=O)CCCCCCC/C=C\CCCC. The summed E-state index contributed by atoms with van der Waals surface area (Å²) in [5.41, 5.74) is 0. The van der Waals surface area contributed by atoms with E-state index in [0.29, 0.717) is 19.3 Å². The molecule has 18 heteroatoms. The minimum absolute atomic E-state index is 0.0876. The van der Waals surface area contributed by atoms with Crippen LogP contribution in [0.25, 0.3) is 0 Å². The average molecular weight is 1260 g/mol. The summed E-state index contributed by atoms with van der Waals surface area (Å²) in [5, 5.41) is 20.5. The molecule has 0 bridgehead atoms. The smallest absolute Gasteiger partial charge is 0.463 e. The van der Waals surface area contributed by atoms with E-state index in [2.05, 4.69) is 142 Å². The first kappa shape index (κ1) is 83.0. The predicted octanol–water partition coefficient (Wildman–Crippen LogP) is 17.9. The molecule has 5 unspecified atom stereocenters. The fraction of sp³-hybridized carbons (Fsp3) is 0.667. The van der Waals surface area contributed by atoms with Crippen LogP contribution in [0.1, 0.15) is 239 Å². The number of rotatable bonds is 61. The molecule has 5 atom stereocenters. The molecule has 0 radical (unpaired) electrons. The van der Waals surface area contributed by atoms with Crippen LogP contribution in [0.4, 0.5) is 0 Å². The third-order valence-electron chi connectivity index (χ3n) is 13.2. The number of hydrogen-bond acceptors (Lipinski definition) is 14. The standard InChI is InChI=1S/C69H116O16P2/c1-4-7-10-13-16-19-22-24-26-27-28-29-30-31-32-33-34-35-37-39-41-43-46-49-52-55-67(72)79-58-64(70)59-81-86(75,76)82-60-65(71)61-83-87(77,78)84-63-66(85-69(74)57-54-51-48-45-40-21-18-15-12-9-6-3)62-80-68(73)56-53-50-47-44-42-38-36-25-23-20-17-14-11-8-5-2/h7-8,10-11,15-20,24-26,28-29,31-32,34-36,64-66,70-71H,4-6,9,12-14,21-23,27,30,33,37-63H2,1-3H3,(H,75,76)(H,77,78)/b10-7-,11-8-,18-15-,19-16-,20-17-,26-24-,29-28-,32-31-,35-34-,36-25-. The maximum absolute atomic E-state index is 12.8. The largest absolute Gasteiger partial charge is 0.472 e. The quantitative estimate of drug-likeness (QED) is 0.0146. The summed E-state index contributed by atoms with van der Waals surface area (Å²) in [5.74, 6) is -1.63. The third-order valence-corrected chi connectivity index (χ3v) is 15.1. The van der Waals surface area contributed by atoms with Crippen molar-refractivity contribution < 1.29 is 75.8 Å². The van der Waals surface area contributed by atoms with Gasteiger partial charge in [0.25, 0.3) is 0 Å². The van der Waals surface area contributed by atoms with Crippen molar-refractivity contribution in [3.05, 3.63) is 122 Å². The van der Waals surface area contributed by atoms with Crippen LogP contribution in [0.15, 0.2) is 122 Å². The van der Waals surface area contributed by atoms with E-state index in [1.54, 1.807) is 0 Å². The van der Waals surface area contributed by atoms with Gasteiger partial charge < -0.3 is 34.2 Å². The zero-order valence-electron chi connectivity index (χ0n) is 53.6. The highest BCUT2D eigenvalue weighted by Crippen LogP contribution is 2.45. The van der Waals surface area contributed by atoms with Crippen molar-refractivity contribution in [1.29, 1.82) is 0 Å². The van der Waals surface area contributed by atoms with Gasteiger partial charge in [0, 0.05) is 19.3 Å². The molecular weight excluding hydrogens is 1150 g/mol. The number of hydrogen-bond donors (Lipinski definition) is 4. The minimum atomic E-state index is -4.93. The van der Waals surface area contributed by atoms with Crippen LogP contribution in [0.2, 0.25) is 0 Å². The number of phosphoric acid groups is 2. The third kappa shape index (κ3) is 63.3. The fourth-order valence-electron chi connectivity index (χ4n) is 8.16. The molecule has 0 spiro atoms. The van der Waals surface area contributed by atoms with Crippen LogP contribution in [0.3, 0.4) is 0 Å². The first-order valence-corrected chi connectivity index (χ1v) is 35.8. The van der Waals surface area contributed by atoms with Crippen molar-refractivity contribution in [2.24, 2.45) is 0 Å². The second-order valence-corrected chi connectivity index (χ2v) is 24.4. The molecule has 0 aromatic carbocycles. The number of phosphoric ester groups is 2. The van der Waals surface area contributed by atoms with Gasteiger partial charge in [-0.25, -0.2) is 9.13 Å². The van der Waals surface area contributed by atoms with Crippen molar-refractivity contribution in [3.8, 4) is 0 Å². The maximum Gasteiger partial charge on any atom is 0.472 e. The summed E-state index contributed by atoms with van der Waals surface area (Å²) >= 11 is 0. The molecule has 0 aromatic rings. The van der Waals surface area contributed by atoms with Crippen molar-refractivity contribution in [2.75, 3.05) is 39.6 Å². The maximum atomic E-state index is 12.8. The molecule has 0 heterocycles. The van der Waals surface area contributed by atoms with E-state index >= 15 is 0 Å². The molecule has 0 saturated heterocycles. The van der Waals surface area contributed by atoms with E-state index < -0.39 is 91.5 Å². The van der Waals surface area contributed by atoms with Gasteiger partial charge in [0.05, 0.1) is 26.4 Å². The van der Waals surface area contributed by atoms with Gasteiger partial charge >= 0.3 is 33.6 Å². The Morgan fingerprint density at radius 2 is 0.609 bits per heavy atom. The molecule has 16 nitrogen and oxygen atoms in total. The molecule has 0 rings (SSSR count). The molecule has 0 saturated carbocycles. The Kier molecular flexibility index (Phi) is 59.3. The van der Waals surface area contributed by atoms with E-state index in [1.165, 1.54) is 12.8 Å². The van der Waals surface area contributed by atoms with E-state index in [9.17, 15) is 43.5 Å². The van der Waals surface area contributed by atoms with Crippen molar-refractivity contribution in [3.63, 3.8) is 0 Å². The Morgan fingerprint density at radius 3 is 0.977 bits per heavy atom. The van der Waals surface area contributed by atoms with E-state index in [4.69, 9.17) is 32.3 Å². The molecule has 0 amide bonds. The Bertz CT molecular complexity index is 2070. The summed E-state index contributed by atoms with van der Waals surface area (Å²) in [7, 11) is -9.78. The van der Waals surface area contributed by atoms with Gasteiger partial charge in [-0.3, -0.25) is 32.5 Å². The summed E-state index contributed by atoms with van der Waals surface area (Å²) in [6, 6.07) is 0. The normalized spacial score (nSPS) is 15.1. The number of carbonyl (C=O) groups is 3. The number of aliphatic hydroxyl groups excluding tert-OH is 2. The monoisotopic (exact) mass is 1260 g/mol. The average Bonchev–Trinajstić information content (AvgIpc) is 3.56. The zero-order chi connectivity index (χ0) is 63.8. The molecule has 0 aliphatic rings. The summed E-state index contributed by atoms with van der Waals surface area (Å²) < 4.78 is 60.7. The van der Waals surface area contributed by atoms with Crippen molar-refractivity contribution >= 4 is 33.6 Å². The summed E-state index contributed by atoms with van der Waals surface area (Å²) in [6.45, 7) is 2.32. The van der Waals surface area contributed by atoms with Gasteiger partial charge in [-0.05, 0) is 122 Å². The van der Waals surface area contributed by atoms with Crippen LogP contribution in [-0.4, -0.2) is 95.9 Å². The number of carbonyl (C=O) groups excluding carboxylic acids is 3. The van der Waals surface area contributed by atoms with Gasteiger partial charge in [0.15, 0.2) is 6.10 Å². The van der Waals surface area contributed by atoms with E-state index in [0.717, 1.165) is 167 Å². The van der Waals surface area contributed by atoms with Crippen LogP contribution in [0, 0.1) is 0 Å². The highest BCUT2D eigenvalue weighted by molar-refractivity contribution is 7.47. The lowest BCUT2D eigenvalue weighted by atomic mass is 10.1. The number of allylic oxidation sites excluding steroid dienone is 20. The van der Waals surface area contributed by atoms with Crippen LogP contribution >= 0.6 is 15.6 Å². The van der Waals surface area contributed by atoms with Gasteiger partial charge in [0.2, 0.25) is 0 Å². The summed E-state index contributed by atoms with van der Waals surface area (Å²) in [6.07, 6.45) is 69.8. The second-order valence-electron chi connectivity index (χ2n) is 21.5. The summed E-state index contributed by atoms with van der Waals surface area (Å²) in [4.78, 5) is 58.2.